The van der Waals surface area contributed by atoms with Crippen LogP contribution < -0.4 is 9.46 Å². The van der Waals surface area contributed by atoms with Crippen LogP contribution >= 0.6 is 11.3 Å². The van der Waals surface area contributed by atoms with Crippen molar-refractivity contribution >= 4 is 26.5 Å². The summed E-state index contributed by atoms with van der Waals surface area (Å²) in [4.78, 5) is 2.29. The van der Waals surface area contributed by atoms with Crippen molar-refractivity contribution in [2.45, 2.75) is 55.2 Å². The average molecular weight is 553 g/mol. The Balaban J connectivity index is 1.43. The van der Waals surface area contributed by atoms with E-state index in [1.165, 1.54) is 23.7 Å². The van der Waals surface area contributed by atoms with E-state index < -0.39 is 21.8 Å². The first-order chi connectivity index (χ1) is 17.6. The third-order valence-corrected chi connectivity index (χ3v) is 9.10. The molecule has 0 radical (unpaired) electrons. The summed E-state index contributed by atoms with van der Waals surface area (Å²) in [5.41, 5.74) is 3.07. The molecule has 2 aromatic carbocycles. The van der Waals surface area contributed by atoms with E-state index in [0.717, 1.165) is 60.9 Å². The van der Waals surface area contributed by atoms with Crippen LogP contribution in [0.1, 0.15) is 60.0 Å². The van der Waals surface area contributed by atoms with Gasteiger partial charge in [0.15, 0.2) is 0 Å². The molecule has 1 aromatic heterocycles. The highest BCUT2D eigenvalue weighted by Crippen LogP contribution is 2.42. The van der Waals surface area contributed by atoms with Gasteiger partial charge in [-0.1, -0.05) is 17.4 Å². The predicted molar refractivity (Wildman–Crippen MR) is 134 cm³/mol. The van der Waals surface area contributed by atoms with Crippen molar-refractivity contribution in [3.8, 4) is 5.75 Å². The minimum absolute atomic E-state index is 0.0181. The number of aryl methyl sites for hydroxylation is 1. The molecular weight excluding hydrogens is 525 g/mol. The van der Waals surface area contributed by atoms with Crippen LogP contribution in [0.3, 0.4) is 0 Å². The van der Waals surface area contributed by atoms with Crippen molar-refractivity contribution in [2.75, 3.05) is 24.9 Å². The lowest BCUT2D eigenvalue weighted by molar-refractivity contribution is -0.137. The van der Waals surface area contributed by atoms with E-state index in [2.05, 4.69) is 19.8 Å². The van der Waals surface area contributed by atoms with E-state index in [1.54, 1.807) is 12.1 Å². The lowest BCUT2D eigenvalue weighted by Crippen LogP contribution is -2.29. The van der Waals surface area contributed by atoms with Crippen LogP contribution in [0.5, 0.6) is 5.75 Å². The van der Waals surface area contributed by atoms with Gasteiger partial charge in [0.2, 0.25) is 5.13 Å². The Morgan fingerprint density at radius 1 is 1.08 bits per heavy atom. The first-order valence-electron chi connectivity index (χ1n) is 12.1. The number of hydrogen-bond donors (Lipinski definition) is 1. The predicted octanol–water partition coefficient (Wildman–Crippen LogP) is 5.62. The van der Waals surface area contributed by atoms with Crippen LogP contribution in [0.2, 0.25) is 0 Å². The summed E-state index contributed by atoms with van der Waals surface area (Å²) in [6, 6.07) is 8.66. The van der Waals surface area contributed by atoms with Crippen LogP contribution in [0.4, 0.5) is 18.3 Å². The second kappa shape index (κ2) is 10.2. The van der Waals surface area contributed by atoms with Gasteiger partial charge < -0.3 is 9.64 Å². The molecule has 198 valence electrons. The second-order valence-electron chi connectivity index (χ2n) is 9.54. The van der Waals surface area contributed by atoms with E-state index in [1.807, 2.05) is 7.05 Å². The number of sulfonamides is 1. The number of likely N-dealkylation sites (tertiary alicyclic amines) is 1. The molecule has 1 fully saturated rings. The largest absolute Gasteiger partial charge is 0.485 e. The Morgan fingerprint density at radius 2 is 1.86 bits per heavy atom. The summed E-state index contributed by atoms with van der Waals surface area (Å²) in [5, 5.41) is 7.56. The van der Waals surface area contributed by atoms with Gasteiger partial charge in [-0.05, 0) is 105 Å². The minimum atomic E-state index is -4.43. The number of fused-ring (bicyclic) bond motifs is 1. The maximum atomic E-state index is 13.5. The number of hydrogen-bond acceptors (Lipinski definition) is 7. The number of rotatable bonds is 6. The fourth-order valence-electron chi connectivity index (χ4n) is 5.05. The molecule has 0 amide bonds. The van der Waals surface area contributed by atoms with Crippen LogP contribution in [-0.4, -0.2) is 43.7 Å². The lowest BCUT2D eigenvalue weighted by Gasteiger charge is -2.32. The summed E-state index contributed by atoms with van der Waals surface area (Å²) in [7, 11) is -1.82. The van der Waals surface area contributed by atoms with Crippen LogP contribution in [0.25, 0.3) is 0 Å². The summed E-state index contributed by atoms with van der Waals surface area (Å²) in [6.45, 7) is 1.63. The van der Waals surface area contributed by atoms with E-state index in [4.69, 9.17) is 4.74 Å². The average Bonchev–Trinajstić information content (AvgIpc) is 3.36. The summed E-state index contributed by atoms with van der Waals surface area (Å²) in [6.07, 6.45) is -1.13. The normalized spacial score (nSPS) is 19.4. The fourth-order valence-corrected chi connectivity index (χ4v) is 6.79. The minimum Gasteiger partial charge on any atom is -0.485 e. The lowest BCUT2D eigenvalue weighted by atomic mass is 9.87. The monoisotopic (exact) mass is 552 g/mol. The number of piperidine rings is 1. The van der Waals surface area contributed by atoms with E-state index in [9.17, 15) is 21.6 Å². The second-order valence-corrected chi connectivity index (χ2v) is 12.1. The standard InChI is InChI=1S/C25H27F3N4O3S2/c1-32-11-9-16(10-12-32)21-14-18(25(26,27)28)5-8-23(21)35-22-4-2-3-17-13-19(6-7-20(17)22)37(33,34)31-24-30-29-15-36-24/h5-8,13-16,22H,2-4,9-12H2,1H3,(H,30,31). The number of nitrogens with one attached hydrogen (secondary N) is 1. The SMILES string of the molecule is CN1CCC(c2cc(C(F)(F)F)ccc2OC2CCCc3cc(S(=O)(=O)Nc4nncs4)ccc32)CC1. The molecular formula is C25H27F3N4O3S2. The van der Waals surface area contributed by atoms with Crippen molar-refractivity contribution < 1.29 is 26.3 Å². The molecule has 1 unspecified atom stereocenters. The molecule has 1 aliphatic heterocycles. The van der Waals surface area contributed by atoms with Gasteiger partial charge in [-0.3, -0.25) is 4.72 Å². The van der Waals surface area contributed by atoms with Gasteiger partial charge in [-0.25, -0.2) is 8.42 Å². The van der Waals surface area contributed by atoms with Crippen LogP contribution in [0.15, 0.2) is 46.8 Å². The summed E-state index contributed by atoms with van der Waals surface area (Å²) >= 11 is 1.08. The molecule has 3 aromatic rings. The number of aromatic nitrogens is 2. The molecule has 0 bridgehead atoms. The molecule has 1 saturated heterocycles. The Bertz CT molecular complexity index is 1360. The maximum absolute atomic E-state index is 13.5. The van der Waals surface area contributed by atoms with Crippen molar-refractivity contribution in [1.29, 1.82) is 0 Å². The molecule has 12 heteroatoms. The molecule has 37 heavy (non-hydrogen) atoms. The first kappa shape index (κ1) is 25.9. The molecule has 2 heterocycles. The van der Waals surface area contributed by atoms with Crippen LogP contribution in [-0.2, 0) is 22.6 Å². The number of alkyl halides is 3. The smallest absolute Gasteiger partial charge is 0.416 e. The number of halogens is 3. The zero-order valence-corrected chi connectivity index (χ0v) is 21.8. The molecule has 0 saturated carbocycles. The Hall–Kier alpha value is -2.70. The molecule has 1 N–H and O–H groups in total. The number of benzene rings is 2. The van der Waals surface area contributed by atoms with Gasteiger partial charge in [0.25, 0.3) is 10.0 Å². The zero-order valence-electron chi connectivity index (χ0n) is 20.2. The van der Waals surface area contributed by atoms with E-state index >= 15 is 0 Å². The third-order valence-electron chi connectivity index (χ3n) is 7.03. The van der Waals surface area contributed by atoms with Crippen LogP contribution in [0, 0.1) is 0 Å². The molecule has 0 spiro atoms. The maximum Gasteiger partial charge on any atom is 0.416 e. The molecule has 7 nitrogen and oxygen atoms in total. The molecule has 2 aliphatic rings. The number of anilines is 1. The van der Waals surface area contributed by atoms with E-state index in [-0.39, 0.29) is 22.0 Å². The zero-order chi connectivity index (χ0) is 26.2. The first-order valence-corrected chi connectivity index (χ1v) is 14.4. The molecule has 1 aliphatic carbocycles. The number of ether oxygens (including phenoxy) is 1. The summed E-state index contributed by atoms with van der Waals surface area (Å²) in [5.74, 6) is 0.450. The van der Waals surface area contributed by atoms with Gasteiger partial charge in [0, 0.05) is 0 Å². The van der Waals surface area contributed by atoms with Crippen molar-refractivity contribution in [1.82, 2.24) is 15.1 Å². The number of nitrogens with zero attached hydrogens (tertiary/aromatic N) is 3. The Kier molecular flexibility index (Phi) is 7.16. The van der Waals surface area contributed by atoms with Crippen molar-refractivity contribution in [3.05, 3.63) is 64.2 Å². The fraction of sp³-hybridized carbons (Fsp3) is 0.440. The highest BCUT2D eigenvalue weighted by atomic mass is 32.2. The van der Waals surface area contributed by atoms with Gasteiger partial charge in [-0.15, -0.1) is 10.2 Å². The third kappa shape index (κ3) is 5.75. The quantitative estimate of drug-likeness (QED) is 0.427. The van der Waals surface area contributed by atoms with Gasteiger partial charge in [0.05, 0.1) is 10.5 Å². The van der Waals surface area contributed by atoms with Gasteiger partial charge >= 0.3 is 6.18 Å². The summed E-state index contributed by atoms with van der Waals surface area (Å²) < 4.78 is 75.0. The Morgan fingerprint density at radius 3 is 2.57 bits per heavy atom. The topological polar surface area (TPSA) is 84.4 Å². The van der Waals surface area contributed by atoms with E-state index in [0.29, 0.717) is 24.2 Å². The highest BCUT2D eigenvalue weighted by Gasteiger charge is 2.34. The van der Waals surface area contributed by atoms with Crippen molar-refractivity contribution in [2.24, 2.45) is 0 Å². The van der Waals surface area contributed by atoms with Crippen molar-refractivity contribution in [3.63, 3.8) is 0 Å². The highest BCUT2D eigenvalue weighted by molar-refractivity contribution is 7.93. The molecule has 5 rings (SSSR count). The Labute approximate surface area is 217 Å². The van der Waals surface area contributed by atoms with Gasteiger partial charge in [0.1, 0.15) is 17.4 Å². The van der Waals surface area contributed by atoms with Gasteiger partial charge in [-0.2, -0.15) is 13.2 Å². The molecule has 1 atom stereocenters.